The molecule has 0 radical (unpaired) electrons. The van der Waals surface area contributed by atoms with Crippen molar-refractivity contribution in [3.8, 4) is 11.1 Å². The summed E-state index contributed by atoms with van der Waals surface area (Å²) in [6, 6.07) is 15.6. The van der Waals surface area contributed by atoms with Crippen molar-refractivity contribution < 1.29 is 0 Å². The van der Waals surface area contributed by atoms with Gasteiger partial charge >= 0.3 is 0 Å². The Morgan fingerprint density at radius 1 is 0.611 bits per heavy atom. The highest BCUT2D eigenvalue weighted by molar-refractivity contribution is 7.16. The Kier molecular flexibility index (Phi) is 5.32. The molecule has 0 aromatic heterocycles. The van der Waals surface area contributed by atoms with Crippen LogP contribution in [0.2, 0.25) is 0 Å². The van der Waals surface area contributed by atoms with Crippen molar-refractivity contribution >= 4 is 27.7 Å². The van der Waals surface area contributed by atoms with Gasteiger partial charge in [0, 0.05) is 0 Å². The van der Waals surface area contributed by atoms with Gasteiger partial charge in [0.2, 0.25) is 0 Å². The minimum absolute atomic E-state index is 1.02. The van der Waals surface area contributed by atoms with Crippen LogP contribution in [0, 0.1) is 0 Å². The van der Waals surface area contributed by atoms with Gasteiger partial charge in [0.05, 0.1) is 0 Å². The molecule has 0 spiro atoms. The van der Waals surface area contributed by atoms with Crippen LogP contribution in [0.15, 0.2) is 42.5 Å². The molecular formula is C15H19P3. The van der Waals surface area contributed by atoms with Crippen LogP contribution in [0.3, 0.4) is 0 Å². The molecule has 0 aliphatic heterocycles. The lowest BCUT2D eigenvalue weighted by molar-refractivity contribution is 1.28. The van der Waals surface area contributed by atoms with Crippen molar-refractivity contribution in [3.63, 3.8) is 0 Å². The van der Waals surface area contributed by atoms with Gasteiger partial charge < -0.3 is 0 Å². The van der Waals surface area contributed by atoms with Crippen LogP contribution < -0.4 is 0 Å². The monoisotopic (exact) mass is 292 g/mol. The molecule has 3 unspecified atom stereocenters. The summed E-state index contributed by atoms with van der Waals surface area (Å²) in [4.78, 5) is 0. The van der Waals surface area contributed by atoms with Crippen molar-refractivity contribution in [2.75, 3.05) is 0 Å². The molecule has 0 nitrogen and oxygen atoms in total. The Balaban J connectivity index is 2.37. The Hall–Kier alpha value is -0.270. The molecule has 3 atom stereocenters. The van der Waals surface area contributed by atoms with Gasteiger partial charge in [-0.05, 0) is 46.3 Å². The van der Waals surface area contributed by atoms with Gasteiger partial charge in [-0.3, -0.25) is 0 Å². The lowest BCUT2D eigenvalue weighted by Crippen LogP contribution is -1.89. The third-order valence-electron chi connectivity index (χ3n) is 3.17. The molecule has 0 aliphatic carbocycles. The Bertz CT molecular complexity index is 518. The second kappa shape index (κ2) is 6.77. The fraction of sp³-hybridized carbons (Fsp3) is 0.200. The van der Waals surface area contributed by atoms with Gasteiger partial charge in [-0.1, -0.05) is 42.5 Å². The van der Waals surface area contributed by atoms with E-state index in [1.165, 1.54) is 27.8 Å². The van der Waals surface area contributed by atoms with Gasteiger partial charge in [-0.25, -0.2) is 0 Å². The van der Waals surface area contributed by atoms with E-state index >= 15 is 0 Å². The van der Waals surface area contributed by atoms with Crippen LogP contribution in [0.25, 0.3) is 11.1 Å². The van der Waals surface area contributed by atoms with Gasteiger partial charge in [0.15, 0.2) is 0 Å². The van der Waals surface area contributed by atoms with Crippen LogP contribution in [0.4, 0.5) is 0 Å². The van der Waals surface area contributed by atoms with Crippen molar-refractivity contribution in [2.24, 2.45) is 0 Å². The van der Waals surface area contributed by atoms with E-state index in [0.717, 1.165) is 18.5 Å². The Morgan fingerprint density at radius 2 is 1.22 bits per heavy atom. The van der Waals surface area contributed by atoms with Crippen LogP contribution in [-0.2, 0) is 18.5 Å². The zero-order chi connectivity index (χ0) is 13.0. The minimum Gasteiger partial charge on any atom is -0.133 e. The average molecular weight is 292 g/mol. The van der Waals surface area contributed by atoms with E-state index in [2.05, 4.69) is 70.2 Å². The summed E-state index contributed by atoms with van der Waals surface area (Å²) in [5.41, 5.74) is 6.80. The summed E-state index contributed by atoms with van der Waals surface area (Å²) in [5, 5.41) is 0. The van der Waals surface area contributed by atoms with Crippen molar-refractivity contribution in [1.29, 1.82) is 0 Å². The molecular weight excluding hydrogens is 273 g/mol. The smallest absolute Gasteiger partial charge is 0.0125 e. The first-order chi connectivity index (χ1) is 8.78. The van der Waals surface area contributed by atoms with E-state index in [-0.39, 0.29) is 0 Å². The van der Waals surface area contributed by atoms with E-state index in [1.807, 2.05) is 0 Å². The first kappa shape index (κ1) is 14.1. The largest absolute Gasteiger partial charge is 0.133 e. The zero-order valence-corrected chi connectivity index (χ0v) is 13.9. The molecule has 3 heteroatoms. The summed E-state index contributed by atoms with van der Waals surface area (Å²) in [5.74, 6) is 0. The number of benzene rings is 2. The maximum atomic E-state index is 2.82. The lowest BCUT2D eigenvalue weighted by Gasteiger charge is -2.09. The predicted molar refractivity (Wildman–Crippen MR) is 92.1 cm³/mol. The molecule has 94 valence electrons. The van der Waals surface area contributed by atoms with E-state index < -0.39 is 0 Å². The molecule has 0 N–H and O–H groups in total. The SMILES string of the molecule is PCc1ccc(-c2ccc(CP)c(CP)c2)cc1. The van der Waals surface area contributed by atoms with Crippen molar-refractivity contribution in [2.45, 2.75) is 18.5 Å². The summed E-state index contributed by atoms with van der Waals surface area (Å²) in [6.45, 7) is 0. The van der Waals surface area contributed by atoms with Gasteiger partial charge in [-0.2, -0.15) is 0 Å². The van der Waals surface area contributed by atoms with Crippen molar-refractivity contribution in [1.82, 2.24) is 0 Å². The summed E-state index contributed by atoms with van der Waals surface area (Å²) in [6.07, 6.45) is 3.06. The van der Waals surface area contributed by atoms with Crippen LogP contribution in [0.1, 0.15) is 16.7 Å². The molecule has 0 saturated heterocycles. The van der Waals surface area contributed by atoms with E-state index in [9.17, 15) is 0 Å². The minimum atomic E-state index is 1.02. The molecule has 2 aromatic rings. The summed E-state index contributed by atoms with van der Waals surface area (Å²) >= 11 is 0. The highest BCUT2D eigenvalue weighted by atomic mass is 31.0. The Labute approximate surface area is 117 Å². The number of rotatable bonds is 4. The molecule has 0 saturated carbocycles. The Morgan fingerprint density at radius 3 is 1.78 bits per heavy atom. The third kappa shape index (κ3) is 3.19. The third-order valence-corrected chi connectivity index (χ3v) is 4.52. The van der Waals surface area contributed by atoms with Gasteiger partial charge in [-0.15, -0.1) is 27.7 Å². The maximum absolute atomic E-state index is 2.82. The number of hydrogen-bond donors (Lipinski definition) is 0. The molecule has 0 fully saturated rings. The topological polar surface area (TPSA) is 0 Å². The predicted octanol–water partition coefficient (Wildman–Crippen LogP) is 4.48. The highest BCUT2D eigenvalue weighted by Crippen LogP contribution is 2.26. The fourth-order valence-electron chi connectivity index (χ4n) is 2.03. The summed E-state index contributed by atoms with van der Waals surface area (Å²) < 4.78 is 0. The molecule has 0 aliphatic rings. The van der Waals surface area contributed by atoms with Gasteiger partial charge in [0.1, 0.15) is 0 Å². The fourth-order valence-corrected chi connectivity index (χ4v) is 3.08. The normalized spacial score (nSPS) is 10.6. The molecule has 2 aromatic carbocycles. The second-order valence-corrected chi connectivity index (χ2v) is 5.52. The van der Waals surface area contributed by atoms with Crippen LogP contribution in [0.5, 0.6) is 0 Å². The number of hydrogen-bond acceptors (Lipinski definition) is 0. The standard InChI is InChI=1S/C15H19P3/c16-8-11-1-3-12(4-2-11)13-5-6-14(9-17)15(7-13)10-18/h1-7H,8-10,16-18H2. The zero-order valence-electron chi connectivity index (χ0n) is 10.4. The van der Waals surface area contributed by atoms with Crippen LogP contribution in [-0.4, -0.2) is 0 Å². The first-order valence-electron chi connectivity index (χ1n) is 6.09. The van der Waals surface area contributed by atoms with Crippen LogP contribution >= 0.6 is 27.7 Å². The molecule has 0 bridgehead atoms. The van der Waals surface area contributed by atoms with E-state index in [1.54, 1.807) is 0 Å². The highest BCUT2D eigenvalue weighted by Gasteiger charge is 2.03. The maximum Gasteiger partial charge on any atom is -0.0125 e. The first-order valence-corrected chi connectivity index (χ1v) is 8.54. The molecule has 0 amide bonds. The quantitative estimate of drug-likeness (QED) is 0.729. The molecule has 0 heterocycles. The molecule has 18 heavy (non-hydrogen) atoms. The van der Waals surface area contributed by atoms with E-state index in [4.69, 9.17) is 0 Å². The van der Waals surface area contributed by atoms with Crippen molar-refractivity contribution in [3.05, 3.63) is 59.2 Å². The second-order valence-electron chi connectivity index (χ2n) is 4.29. The lowest BCUT2D eigenvalue weighted by atomic mass is 10.00. The van der Waals surface area contributed by atoms with Gasteiger partial charge in [0.25, 0.3) is 0 Å². The average Bonchev–Trinajstić information content (AvgIpc) is 2.46. The summed E-state index contributed by atoms with van der Waals surface area (Å²) in [7, 11) is 8.38. The molecule has 2 rings (SSSR count). The van der Waals surface area contributed by atoms with E-state index in [0.29, 0.717) is 0 Å².